The molecular weight excluding hydrogens is 282 g/mol. The second-order valence-electron chi connectivity index (χ2n) is 5.11. The third-order valence-corrected chi connectivity index (χ3v) is 3.82. The third-order valence-electron chi connectivity index (χ3n) is 3.49. The van der Waals surface area contributed by atoms with Gasteiger partial charge in [0, 0.05) is 37.1 Å². The Hall–Kier alpha value is -2.00. The van der Waals surface area contributed by atoms with E-state index in [1.54, 1.807) is 6.20 Å². The van der Waals surface area contributed by atoms with E-state index in [2.05, 4.69) is 40.3 Å². The number of halogens is 1. The molecule has 0 atom stereocenters. The predicted molar refractivity (Wildman–Crippen MR) is 88.8 cm³/mol. The SMILES string of the molecule is CCCn1ccc(CNc2ccc(Cl)c3cccnc23)c1. The first-order chi connectivity index (χ1) is 10.3. The van der Waals surface area contributed by atoms with Gasteiger partial charge in [0.05, 0.1) is 16.2 Å². The van der Waals surface area contributed by atoms with Crippen molar-refractivity contribution in [1.82, 2.24) is 9.55 Å². The first kappa shape index (κ1) is 14.0. The van der Waals surface area contributed by atoms with E-state index < -0.39 is 0 Å². The number of anilines is 1. The summed E-state index contributed by atoms with van der Waals surface area (Å²) >= 11 is 6.21. The normalized spacial score (nSPS) is 11.0. The highest BCUT2D eigenvalue weighted by atomic mass is 35.5. The molecule has 0 spiro atoms. The van der Waals surface area contributed by atoms with Gasteiger partial charge in [-0.05, 0) is 42.3 Å². The second-order valence-corrected chi connectivity index (χ2v) is 5.51. The molecule has 1 N–H and O–H groups in total. The summed E-state index contributed by atoms with van der Waals surface area (Å²) in [4.78, 5) is 4.44. The van der Waals surface area contributed by atoms with E-state index in [0.29, 0.717) is 0 Å². The molecule has 108 valence electrons. The standard InChI is InChI=1S/C17H18ClN3/c1-2-9-21-10-7-13(12-21)11-20-16-6-5-15(18)14-4-3-8-19-17(14)16/h3-8,10,12,20H,2,9,11H2,1H3. The largest absolute Gasteiger partial charge is 0.379 e. The van der Waals surface area contributed by atoms with Crippen LogP contribution in [-0.4, -0.2) is 9.55 Å². The van der Waals surface area contributed by atoms with Crippen molar-refractivity contribution in [2.45, 2.75) is 26.4 Å². The van der Waals surface area contributed by atoms with Crippen molar-refractivity contribution >= 4 is 28.2 Å². The molecule has 3 rings (SSSR count). The number of aromatic nitrogens is 2. The van der Waals surface area contributed by atoms with Gasteiger partial charge in [-0.2, -0.15) is 0 Å². The molecule has 0 amide bonds. The van der Waals surface area contributed by atoms with Crippen molar-refractivity contribution in [3.8, 4) is 0 Å². The Morgan fingerprint density at radius 1 is 1.24 bits per heavy atom. The molecule has 4 heteroatoms. The van der Waals surface area contributed by atoms with E-state index in [4.69, 9.17) is 11.6 Å². The zero-order valence-electron chi connectivity index (χ0n) is 12.0. The molecule has 0 fully saturated rings. The number of rotatable bonds is 5. The Morgan fingerprint density at radius 2 is 2.14 bits per heavy atom. The van der Waals surface area contributed by atoms with Crippen LogP contribution in [0.3, 0.4) is 0 Å². The van der Waals surface area contributed by atoms with Gasteiger partial charge in [-0.3, -0.25) is 4.98 Å². The molecule has 0 aliphatic heterocycles. The van der Waals surface area contributed by atoms with Gasteiger partial charge in [-0.1, -0.05) is 18.5 Å². The van der Waals surface area contributed by atoms with E-state index in [1.807, 2.05) is 24.3 Å². The second kappa shape index (κ2) is 6.19. The quantitative estimate of drug-likeness (QED) is 0.739. The smallest absolute Gasteiger partial charge is 0.0948 e. The summed E-state index contributed by atoms with van der Waals surface area (Å²) in [5, 5.41) is 5.17. The van der Waals surface area contributed by atoms with Gasteiger partial charge in [0.25, 0.3) is 0 Å². The summed E-state index contributed by atoms with van der Waals surface area (Å²) < 4.78 is 2.22. The van der Waals surface area contributed by atoms with Crippen LogP contribution >= 0.6 is 11.6 Å². The van der Waals surface area contributed by atoms with Crippen LogP contribution in [0.5, 0.6) is 0 Å². The molecule has 0 saturated carbocycles. The average molecular weight is 300 g/mol. The summed E-state index contributed by atoms with van der Waals surface area (Å²) in [6, 6.07) is 9.95. The maximum Gasteiger partial charge on any atom is 0.0948 e. The number of hydrogen-bond donors (Lipinski definition) is 1. The number of nitrogens with one attached hydrogen (secondary N) is 1. The van der Waals surface area contributed by atoms with E-state index in [9.17, 15) is 0 Å². The molecule has 3 nitrogen and oxygen atoms in total. The number of hydrogen-bond acceptors (Lipinski definition) is 2. The van der Waals surface area contributed by atoms with Crippen LogP contribution in [0.4, 0.5) is 5.69 Å². The number of nitrogens with zero attached hydrogens (tertiary/aromatic N) is 2. The molecule has 0 aliphatic carbocycles. The fourth-order valence-electron chi connectivity index (χ4n) is 2.47. The molecule has 0 aliphatic rings. The Balaban J connectivity index is 1.80. The molecule has 2 aromatic heterocycles. The Bertz CT molecular complexity index is 749. The lowest BCUT2D eigenvalue weighted by Crippen LogP contribution is -2.00. The highest BCUT2D eigenvalue weighted by Gasteiger charge is 2.05. The molecule has 0 bridgehead atoms. The Kier molecular flexibility index (Phi) is 4.11. The van der Waals surface area contributed by atoms with Gasteiger partial charge in [-0.25, -0.2) is 0 Å². The topological polar surface area (TPSA) is 29.9 Å². The van der Waals surface area contributed by atoms with Gasteiger partial charge in [0.15, 0.2) is 0 Å². The molecule has 0 saturated heterocycles. The van der Waals surface area contributed by atoms with E-state index in [-0.39, 0.29) is 0 Å². The molecule has 1 aromatic carbocycles. The molecule has 3 aromatic rings. The lowest BCUT2D eigenvalue weighted by molar-refractivity contribution is 0.682. The predicted octanol–water partition coefficient (Wildman–Crippen LogP) is 4.71. The molecular formula is C17H18ClN3. The van der Waals surface area contributed by atoms with E-state index in [1.165, 1.54) is 5.56 Å². The fraction of sp³-hybridized carbons (Fsp3) is 0.235. The van der Waals surface area contributed by atoms with Crippen molar-refractivity contribution in [1.29, 1.82) is 0 Å². The van der Waals surface area contributed by atoms with Crippen LogP contribution in [0.15, 0.2) is 48.9 Å². The minimum Gasteiger partial charge on any atom is -0.379 e. The van der Waals surface area contributed by atoms with Gasteiger partial charge < -0.3 is 9.88 Å². The summed E-state index contributed by atoms with van der Waals surface area (Å²) in [6.07, 6.45) is 7.25. The van der Waals surface area contributed by atoms with Gasteiger partial charge in [-0.15, -0.1) is 0 Å². The van der Waals surface area contributed by atoms with Crippen molar-refractivity contribution in [3.05, 3.63) is 59.5 Å². The van der Waals surface area contributed by atoms with Crippen LogP contribution in [0.1, 0.15) is 18.9 Å². The van der Waals surface area contributed by atoms with Crippen molar-refractivity contribution in [3.63, 3.8) is 0 Å². The maximum atomic E-state index is 6.21. The highest BCUT2D eigenvalue weighted by molar-refractivity contribution is 6.35. The maximum absolute atomic E-state index is 6.21. The molecule has 0 radical (unpaired) electrons. The number of pyridine rings is 1. The van der Waals surface area contributed by atoms with Crippen molar-refractivity contribution in [2.75, 3.05) is 5.32 Å². The molecule has 21 heavy (non-hydrogen) atoms. The first-order valence-electron chi connectivity index (χ1n) is 7.19. The zero-order chi connectivity index (χ0) is 14.7. The molecule has 0 unspecified atom stereocenters. The number of aryl methyl sites for hydroxylation is 1. The lowest BCUT2D eigenvalue weighted by atomic mass is 10.2. The van der Waals surface area contributed by atoms with Crippen LogP contribution in [0, 0.1) is 0 Å². The minimum absolute atomic E-state index is 0.734. The number of benzene rings is 1. The van der Waals surface area contributed by atoms with E-state index >= 15 is 0 Å². The third kappa shape index (κ3) is 3.03. The number of fused-ring (bicyclic) bond motifs is 1. The van der Waals surface area contributed by atoms with Crippen LogP contribution in [-0.2, 0) is 13.1 Å². The summed E-state index contributed by atoms with van der Waals surface area (Å²) in [5.74, 6) is 0. The van der Waals surface area contributed by atoms with E-state index in [0.717, 1.165) is 41.1 Å². The van der Waals surface area contributed by atoms with Gasteiger partial charge >= 0.3 is 0 Å². The lowest BCUT2D eigenvalue weighted by Gasteiger charge is -2.09. The summed E-state index contributed by atoms with van der Waals surface area (Å²) in [5.41, 5.74) is 3.19. The van der Waals surface area contributed by atoms with Crippen molar-refractivity contribution < 1.29 is 0 Å². The minimum atomic E-state index is 0.734. The summed E-state index contributed by atoms with van der Waals surface area (Å²) in [6.45, 7) is 4.03. The highest BCUT2D eigenvalue weighted by Crippen LogP contribution is 2.28. The molecule has 2 heterocycles. The Labute approximate surface area is 129 Å². The van der Waals surface area contributed by atoms with Crippen LogP contribution < -0.4 is 5.32 Å². The van der Waals surface area contributed by atoms with Crippen LogP contribution in [0.25, 0.3) is 10.9 Å². The van der Waals surface area contributed by atoms with Crippen molar-refractivity contribution in [2.24, 2.45) is 0 Å². The average Bonchev–Trinajstić information content (AvgIpc) is 2.95. The zero-order valence-corrected chi connectivity index (χ0v) is 12.8. The first-order valence-corrected chi connectivity index (χ1v) is 7.57. The van der Waals surface area contributed by atoms with Gasteiger partial charge in [0.1, 0.15) is 0 Å². The van der Waals surface area contributed by atoms with Crippen LogP contribution in [0.2, 0.25) is 5.02 Å². The summed E-state index contributed by atoms with van der Waals surface area (Å²) in [7, 11) is 0. The van der Waals surface area contributed by atoms with Gasteiger partial charge in [0.2, 0.25) is 0 Å². The Morgan fingerprint density at radius 3 is 3.00 bits per heavy atom. The fourth-order valence-corrected chi connectivity index (χ4v) is 2.69. The monoisotopic (exact) mass is 299 g/mol.